The molecule has 0 saturated carbocycles. The van der Waals surface area contributed by atoms with Gasteiger partial charge in [-0.2, -0.15) is 0 Å². The molecular formula is C40H48N6O5. The molecule has 5 rings (SSSR count). The van der Waals surface area contributed by atoms with Crippen LogP contribution in [0.25, 0.3) is 35.7 Å². The fourth-order valence-corrected chi connectivity index (χ4v) is 7.28. The van der Waals surface area contributed by atoms with Crippen molar-refractivity contribution >= 4 is 53.5 Å². The Bertz CT molecular complexity index is 2360. The molecule has 51 heavy (non-hydrogen) atoms. The van der Waals surface area contributed by atoms with Crippen LogP contribution in [0.15, 0.2) is 13.2 Å². The second kappa shape index (κ2) is 14.6. The second-order valence-corrected chi connectivity index (χ2v) is 13.3. The van der Waals surface area contributed by atoms with E-state index in [0.29, 0.717) is 74.0 Å². The average molecular weight is 693 g/mol. The van der Waals surface area contributed by atoms with E-state index < -0.39 is 11.9 Å². The number of aromatic nitrogens is 4. The molecule has 0 saturated heterocycles. The molecule has 11 nitrogen and oxygen atoms in total. The van der Waals surface area contributed by atoms with Gasteiger partial charge < -0.3 is 36.6 Å². The van der Waals surface area contributed by atoms with Crippen LogP contribution in [0.4, 0.5) is 0 Å². The molecule has 4 aromatic heterocycles. The molecule has 0 radical (unpaired) electrons. The van der Waals surface area contributed by atoms with Gasteiger partial charge in [-0.1, -0.05) is 45.1 Å². The fraction of sp³-hybridized carbons (Fsp3) is 0.325. The van der Waals surface area contributed by atoms with Crippen molar-refractivity contribution < 1.29 is 24.6 Å². The summed E-state index contributed by atoms with van der Waals surface area (Å²) < 4.78 is 1.69. The molecule has 8 bridgehead atoms. The van der Waals surface area contributed by atoms with E-state index in [1.165, 1.54) is 0 Å². The number of hydrogen-bond acceptors (Lipinski definition) is 5. The number of carboxylic acids is 2. The predicted molar refractivity (Wildman–Crippen MR) is 202 cm³/mol. The Kier molecular flexibility index (Phi) is 10.5. The molecule has 0 atom stereocenters. The van der Waals surface area contributed by atoms with E-state index in [2.05, 4.69) is 35.0 Å². The fourth-order valence-electron chi connectivity index (χ4n) is 7.28. The SMILES string of the molecule is C=Cc1c2[nH]c(c1C)C(N)=c1c(C=C)c(C)c(n1C(=O)CCCCC)=Cc1[nH]c(c(CCC(=O)O)c1C)C=c1[nH]c(c(C)c1CCC(=O)O)=C2N. The first-order valence-electron chi connectivity index (χ1n) is 17.3. The van der Waals surface area contributed by atoms with Gasteiger partial charge in [0, 0.05) is 47.1 Å². The topological polar surface area (TPSA) is 196 Å². The number of aromatic amines is 3. The summed E-state index contributed by atoms with van der Waals surface area (Å²) >= 11 is 0. The molecule has 9 N–H and O–H groups in total. The zero-order chi connectivity index (χ0) is 37.3. The highest BCUT2D eigenvalue weighted by molar-refractivity contribution is 5.84. The lowest BCUT2D eigenvalue weighted by molar-refractivity contribution is -0.138. The maximum absolute atomic E-state index is 14.3. The number of carboxylic acid groups (broad SMARTS) is 2. The molecule has 0 unspecified atom stereocenters. The van der Waals surface area contributed by atoms with Crippen molar-refractivity contribution in [1.82, 2.24) is 19.5 Å². The van der Waals surface area contributed by atoms with E-state index >= 15 is 0 Å². The quantitative estimate of drug-likeness (QED) is 0.110. The summed E-state index contributed by atoms with van der Waals surface area (Å²) in [5.74, 6) is -1.97. The van der Waals surface area contributed by atoms with E-state index in [1.54, 1.807) is 16.7 Å². The summed E-state index contributed by atoms with van der Waals surface area (Å²) in [5.41, 5.74) is 23.6. The Hall–Kier alpha value is -5.71. The number of unbranched alkanes of at least 4 members (excludes halogenated alkanes) is 2. The lowest BCUT2D eigenvalue weighted by atomic mass is 10.0. The Morgan fingerprint density at radius 3 is 2.00 bits per heavy atom. The minimum absolute atomic E-state index is 0.0965. The van der Waals surface area contributed by atoms with E-state index in [9.17, 15) is 24.6 Å². The first-order chi connectivity index (χ1) is 24.2. The Morgan fingerprint density at radius 2 is 1.39 bits per heavy atom. The highest BCUT2D eigenvalue weighted by atomic mass is 16.4. The number of carbonyl (C=O) groups is 3. The van der Waals surface area contributed by atoms with E-state index in [4.69, 9.17) is 11.5 Å². The van der Waals surface area contributed by atoms with Gasteiger partial charge in [0.25, 0.3) is 0 Å². The smallest absolute Gasteiger partial charge is 0.303 e. The van der Waals surface area contributed by atoms with Crippen molar-refractivity contribution in [2.24, 2.45) is 11.5 Å². The Balaban J connectivity index is 2.04. The maximum Gasteiger partial charge on any atom is 0.303 e. The van der Waals surface area contributed by atoms with Crippen LogP contribution in [0.3, 0.4) is 0 Å². The van der Waals surface area contributed by atoms with Crippen molar-refractivity contribution in [3.63, 3.8) is 0 Å². The van der Waals surface area contributed by atoms with Crippen molar-refractivity contribution in [3.8, 4) is 0 Å². The third-order valence-electron chi connectivity index (χ3n) is 10.1. The first-order valence-corrected chi connectivity index (χ1v) is 17.3. The molecule has 268 valence electrons. The van der Waals surface area contributed by atoms with Crippen LogP contribution in [-0.4, -0.2) is 47.6 Å². The summed E-state index contributed by atoms with van der Waals surface area (Å²) in [7, 11) is 0. The van der Waals surface area contributed by atoms with E-state index in [0.717, 1.165) is 51.8 Å². The first kappa shape index (κ1) is 36.6. The molecule has 0 spiro atoms. The lowest BCUT2D eigenvalue weighted by Gasteiger charge is -2.08. The number of hydrogen-bond donors (Lipinski definition) is 7. The minimum Gasteiger partial charge on any atom is -0.481 e. The summed E-state index contributed by atoms with van der Waals surface area (Å²) in [6.07, 6.45) is 10.4. The third-order valence-corrected chi connectivity index (χ3v) is 10.1. The van der Waals surface area contributed by atoms with Crippen LogP contribution in [0.5, 0.6) is 0 Å². The number of fused-ring (bicyclic) bond motifs is 8. The standard InChI is InChI=1S/C40H48N6O5/c1-8-11-12-13-32(47)46-31-19-28-20(4)26(14-16-33(48)49)29(43-28)18-30-27(15-17-34(50)51)23(7)37(44-30)35(41)39-24(9-2)22(6)38(45-39)36(42)40(46)25(10-3)21(31)5/h9-10,18-19,43-45H,2-3,8,11-17,41-42H2,1,4-7H3,(H,48,49)(H,50,51). The zero-order valence-electron chi connectivity index (χ0n) is 30.1. The van der Waals surface area contributed by atoms with Crippen molar-refractivity contribution in [3.05, 3.63) is 102 Å². The molecule has 1 aliphatic rings. The maximum atomic E-state index is 14.3. The van der Waals surface area contributed by atoms with Gasteiger partial charge in [-0.25, -0.2) is 0 Å². The van der Waals surface area contributed by atoms with Gasteiger partial charge in [0.05, 0.1) is 38.8 Å². The third kappa shape index (κ3) is 6.63. The van der Waals surface area contributed by atoms with Crippen molar-refractivity contribution in [1.29, 1.82) is 0 Å². The Morgan fingerprint density at radius 1 is 0.745 bits per heavy atom. The molecule has 0 aliphatic carbocycles. The molecule has 0 fully saturated rings. The van der Waals surface area contributed by atoms with Gasteiger partial charge in [0.2, 0.25) is 5.91 Å². The predicted octanol–water partition coefficient (Wildman–Crippen LogP) is 3.45. The Labute approximate surface area is 296 Å². The molecule has 1 aliphatic heterocycles. The number of H-pyrrole nitrogens is 3. The minimum atomic E-state index is -0.932. The average Bonchev–Trinajstić information content (AvgIpc) is 3.77. The van der Waals surface area contributed by atoms with Crippen LogP contribution in [0.2, 0.25) is 0 Å². The second-order valence-electron chi connectivity index (χ2n) is 13.3. The van der Waals surface area contributed by atoms with Crippen molar-refractivity contribution in [2.45, 2.75) is 86.0 Å². The number of nitrogens with one attached hydrogen (secondary N) is 3. The van der Waals surface area contributed by atoms with Crippen LogP contribution in [0.1, 0.15) is 118 Å². The van der Waals surface area contributed by atoms with Crippen molar-refractivity contribution in [2.75, 3.05) is 0 Å². The normalized spacial score (nSPS) is 12.4. The molecule has 5 heterocycles. The van der Waals surface area contributed by atoms with E-state index in [-0.39, 0.29) is 31.6 Å². The van der Waals surface area contributed by atoms with Gasteiger partial charge in [-0.3, -0.25) is 19.0 Å². The molecule has 0 aromatic carbocycles. The number of carbonyl (C=O) groups excluding carboxylic acids is 1. The van der Waals surface area contributed by atoms with Crippen LogP contribution >= 0.6 is 0 Å². The molecule has 0 amide bonds. The van der Waals surface area contributed by atoms with Gasteiger partial charge in [0.15, 0.2) is 0 Å². The summed E-state index contributed by atoms with van der Waals surface area (Å²) in [6.45, 7) is 17.9. The molecular weight excluding hydrogens is 644 g/mol. The van der Waals surface area contributed by atoms with Gasteiger partial charge in [-0.05, 0) is 92.5 Å². The van der Waals surface area contributed by atoms with E-state index in [1.807, 2.05) is 39.8 Å². The van der Waals surface area contributed by atoms with Crippen LogP contribution < -0.4 is 32.9 Å². The summed E-state index contributed by atoms with van der Waals surface area (Å²) in [4.78, 5) is 48.2. The monoisotopic (exact) mass is 692 g/mol. The van der Waals surface area contributed by atoms with Crippen LogP contribution in [0, 0.1) is 27.7 Å². The number of rotatable bonds is 12. The van der Waals surface area contributed by atoms with Gasteiger partial charge in [0.1, 0.15) is 0 Å². The largest absolute Gasteiger partial charge is 0.481 e. The number of nitrogens with zero attached hydrogens (tertiary/aromatic N) is 1. The van der Waals surface area contributed by atoms with Crippen LogP contribution in [-0.2, 0) is 22.4 Å². The highest BCUT2D eigenvalue weighted by Gasteiger charge is 2.24. The molecule has 4 aromatic rings. The highest BCUT2D eigenvalue weighted by Crippen LogP contribution is 2.26. The lowest BCUT2D eigenvalue weighted by Crippen LogP contribution is -2.37. The molecule has 11 heteroatoms. The number of nitrogens with two attached hydrogens (primary N) is 2. The van der Waals surface area contributed by atoms with Gasteiger partial charge in [-0.15, -0.1) is 0 Å². The number of aliphatic carboxylic acids is 2. The van der Waals surface area contributed by atoms with Gasteiger partial charge >= 0.3 is 11.9 Å². The summed E-state index contributed by atoms with van der Waals surface area (Å²) in [6, 6.07) is 0. The zero-order valence-corrected chi connectivity index (χ0v) is 30.1. The summed E-state index contributed by atoms with van der Waals surface area (Å²) in [5, 5.41) is 21.7.